The molecule has 0 unspecified atom stereocenters. The van der Waals surface area contributed by atoms with Gasteiger partial charge in [0.05, 0.1) is 19.8 Å². The second-order valence-electron chi connectivity index (χ2n) is 3.98. The number of esters is 1. The number of methoxy groups -OCH3 is 2. The predicted octanol–water partition coefficient (Wildman–Crippen LogP) is 3.16. The van der Waals surface area contributed by atoms with Crippen LogP contribution in [0.15, 0.2) is 24.3 Å². The lowest BCUT2D eigenvalue weighted by Crippen LogP contribution is -2.01. The minimum Gasteiger partial charge on any atom is -0.496 e. The van der Waals surface area contributed by atoms with Crippen LogP contribution in [0.25, 0.3) is 6.08 Å². The van der Waals surface area contributed by atoms with E-state index >= 15 is 0 Å². The van der Waals surface area contributed by atoms with E-state index in [4.69, 9.17) is 4.74 Å². The lowest BCUT2D eigenvalue weighted by molar-refractivity contribution is -0.109. The van der Waals surface area contributed by atoms with Crippen molar-refractivity contribution in [3.8, 4) is 5.75 Å². The van der Waals surface area contributed by atoms with Crippen molar-refractivity contribution in [1.82, 2.24) is 0 Å². The standard InChI is InChI=1S/C15H18O4S/c1-11(16)20-9-5-4-6-12-10-13(15(17)19-3)7-8-14(12)18-2/h4,6-8,10H,5,9H2,1-3H3. The highest BCUT2D eigenvalue weighted by Crippen LogP contribution is 2.22. The Hall–Kier alpha value is -1.75. The molecule has 4 nitrogen and oxygen atoms in total. The second kappa shape index (κ2) is 8.43. The van der Waals surface area contributed by atoms with E-state index in [2.05, 4.69) is 4.74 Å². The largest absolute Gasteiger partial charge is 0.496 e. The minimum absolute atomic E-state index is 0.115. The number of allylic oxidation sites excluding steroid dienone is 1. The summed E-state index contributed by atoms with van der Waals surface area (Å²) < 4.78 is 9.94. The summed E-state index contributed by atoms with van der Waals surface area (Å²) in [5.74, 6) is 1.05. The normalized spacial score (nSPS) is 10.6. The van der Waals surface area contributed by atoms with Crippen molar-refractivity contribution in [2.75, 3.05) is 20.0 Å². The second-order valence-corrected chi connectivity index (χ2v) is 5.25. The van der Waals surface area contributed by atoms with Gasteiger partial charge in [0.15, 0.2) is 5.12 Å². The fourth-order valence-electron chi connectivity index (χ4n) is 1.59. The Morgan fingerprint density at radius 1 is 1.30 bits per heavy atom. The molecular formula is C15H18O4S. The summed E-state index contributed by atoms with van der Waals surface area (Å²) in [5.41, 5.74) is 1.29. The zero-order valence-electron chi connectivity index (χ0n) is 11.8. The van der Waals surface area contributed by atoms with Gasteiger partial charge in [0.25, 0.3) is 0 Å². The number of thioether (sulfide) groups is 1. The molecule has 0 N–H and O–H groups in total. The Balaban J connectivity index is 2.78. The van der Waals surface area contributed by atoms with E-state index in [9.17, 15) is 9.59 Å². The molecule has 0 bridgehead atoms. The minimum atomic E-state index is -0.380. The van der Waals surface area contributed by atoms with Crippen LogP contribution in [-0.4, -0.2) is 31.1 Å². The molecule has 0 fully saturated rings. The molecule has 0 atom stereocenters. The van der Waals surface area contributed by atoms with Gasteiger partial charge in [0.1, 0.15) is 5.75 Å². The van der Waals surface area contributed by atoms with Crippen LogP contribution in [0.2, 0.25) is 0 Å². The SMILES string of the molecule is COC(=O)c1ccc(OC)c(C=CCCSC(C)=O)c1. The molecule has 0 amide bonds. The van der Waals surface area contributed by atoms with Crippen LogP contribution in [0.4, 0.5) is 0 Å². The third kappa shape index (κ3) is 5.09. The van der Waals surface area contributed by atoms with E-state index in [1.54, 1.807) is 32.2 Å². The predicted molar refractivity (Wildman–Crippen MR) is 81.1 cm³/mol. The van der Waals surface area contributed by atoms with Crippen molar-refractivity contribution in [1.29, 1.82) is 0 Å². The van der Waals surface area contributed by atoms with Gasteiger partial charge in [-0.05, 0) is 24.6 Å². The Morgan fingerprint density at radius 3 is 2.65 bits per heavy atom. The quantitative estimate of drug-likeness (QED) is 0.596. The third-order valence-corrected chi connectivity index (χ3v) is 3.38. The molecule has 0 aliphatic heterocycles. The molecule has 0 saturated carbocycles. The van der Waals surface area contributed by atoms with Crippen LogP contribution in [-0.2, 0) is 9.53 Å². The fraction of sp³-hybridized carbons (Fsp3) is 0.333. The van der Waals surface area contributed by atoms with Crippen molar-refractivity contribution < 1.29 is 19.1 Å². The Morgan fingerprint density at radius 2 is 2.05 bits per heavy atom. The topological polar surface area (TPSA) is 52.6 Å². The van der Waals surface area contributed by atoms with E-state index in [-0.39, 0.29) is 11.1 Å². The van der Waals surface area contributed by atoms with Crippen molar-refractivity contribution in [2.45, 2.75) is 13.3 Å². The summed E-state index contributed by atoms with van der Waals surface area (Å²) in [4.78, 5) is 22.3. The van der Waals surface area contributed by atoms with Gasteiger partial charge in [-0.25, -0.2) is 4.79 Å². The zero-order valence-corrected chi connectivity index (χ0v) is 12.7. The third-order valence-electron chi connectivity index (χ3n) is 2.54. The molecule has 108 valence electrons. The summed E-state index contributed by atoms with van der Waals surface area (Å²) in [7, 11) is 2.93. The molecule has 0 heterocycles. The molecular weight excluding hydrogens is 276 g/mol. The summed E-state index contributed by atoms with van der Waals surface area (Å²) in [6, 6.07) is 5.11. The molecule has 0 radical (unpaired) electrons. The lowest BCUT2D eigenvalue weighted by atomic mass is 10.1. The Bertz CT molecular complexity index is 509. The summed E-state index contributed by atoms with van der Waals surface area (Å²) in [5, 5.41) is 0.115. The number of carbonyl (C=O) groups excluding carboxylic acids is 2. The van der Waals surface area contributed by atoms with Gasteiger partial charge < -0.3 is 9.47 Å². The van der Waals surface area contributed by atoms with Crippen LogP contribution in [0.5, 0.6) is 5.75 Å². The van der Waals surface area contributed by atoms with E-state index in [1.165, 1.54) is 18.9 Å². The molecule has 1 aromatic carbocycles. The van der Waals surface area contributed by atoms with Gasteiger partial charge >= 0.3 is 5.97 Å². The maximum absolute atomic E-state index is 11.5. The van der Waals surface area contributed by atoms with Crippen LogP contribution >= 0.6 is 11.8 Å². The fourth-order valence-corrected chi connectivity index (χ4v) is 2.13. The van der Waals surface area contributed by atoms with E-state index in [0.29, 0.717) is 11.3 Å². The average Bonchev–Trinajstić information content (AvgIpc) is 2.45. The van der Waals surface area contributed by atoms with Crippen LogP contribution in [0, 0.1) is 0 Å². The molecule has 0 aliphatic rings. The van der Waals surface area contributed by atoms with Crippen molar-refractivity contribution in [3.63, 3.8) is 0 Å². The zero-order chi connectivity index (χ0) is 15.0. The highest BCUT2D eigenvalue weighted by Gasteiger charge is 2.08. The van der Waals surface area contributed by atoms with Crippen molar-refractivity contribution in [3.05, 3.63) is 35.4 Å². The number of benzene rings is 1. The maximum atomic E-state index is 11.5. The average molecular weight is 294 g/mol. The van der Waals surface area contributed by atoms with Gasteiger partial charge in [0, 0.05) is 18.2 Å². The van der Waals surface area contributed by atoms with Gasteiger partial charge in [-0.3, -0.25) is 4.79 Å². The molecule has 0 aliphatic carbocycles. The first-order valence-electron chi connectivity index (χ1n) is 6.14. The smallest absolute Gasteiger partial charge is 0.337 e. The summed E-state index contributed by atoms with van der Waals surface area (Å²) in [6.45, 7) is 1.55. The molecule has 0 saturated heterocycles. The lowest BCUT2D eigenvalue weighted by Gasteiger charge is -2.06. The first-order valence-corrected chi connectivity index (χ1v) is 7.13. The highest BCUT2D eigenvalue weighted by molar-refractivity contribution is 8.13. The molecule has 1 aromatic rings. The van der Waals surface area contributed by atoms with Crippen LogP contribution in [0.3, 0.4) is 0 Å². The molecule has 0 aromatic heterocycles. The van der Waals surface area contributed by atoms with Crippen molar-refractivity contribution in [2.24, 2.45) is 0 Å². The number of hydrogen-bond donors (Lipinski definition) is 0. The maximum Gasteiger partial charge on any atom is 0.337 e. The molecule has 1 rings (SSSR count). The Kier molecular flexibility index (Phi) is 6.87. The monoisotopic (exact) mass is 294 g/mol. The van der Waals surface area contributed by atoms with Gasteiger partial charge in [0.2, 0.25) is 0 Å². The summed E-state index contributed by atoms with van der Waals surface area (Å²) >= 11 is 1.29. The van der Waals surface area contributed by atoms with Crippen LogP contribution < -0.4 is 4.74 Å². The Labute approximate surface area is 123 Å². The van der Waals surface area contributed by atoms with E-state index < -0.39 is 0 Å². The van der Waals surface area contributed by atoms with Gasteiger partial charge in [-0.2, -0.15) is 0 Å². The first-order chi connectivity index (χ1) is 9.58. The molecule has 20 heavy (non-hydrogen) atoms. The number of ether oxygens (including phenoxy) is 2. The first kappa shape index (κ1) is 16.3. The molecule has 5 heteroatoms. The van der Waals surface area contributed by atoms with Crippen molar-refractivity contribution >= 4 is 28.9 Å². The summed E-state index contributed by atoms with van der Waals surface area (Å²) in [6.07, 6.45) is 4.61. The number of carbonyl (C=O) groups is 2. The number of rotatable bonds is 6. The highest BCUT2D eigenvalue weighted by atomic mass is 32.2. The van der Waals surface area contributed by atoms with E-state index in [0.717, 1.165) is 17.7 Å². The van der Waals surface area contributed by atoms with Crippen LogP contribution in [0.1, 0.15) is 29.3 Å². The van der Waals surface area contributed by atoms with E-state index in [1.807, 2.05) is 12.2 Å². The van der Waals surface area contributed by atoms with Gasteiger partial charge in [-0.15, -0.1) is 0 Å². The van der Waals surface area contributed by atoms with Gasteiger partial charge in [-0.1, -0.05) is 23.9 Å². The molecule has 0 spiro atoms. The number of hydrogen-bond acceptors (Lipinski definition) is 5.